The molecule has 6 fully saturated rings. The van der Waals surface area contributed by atoms with E-state index in [-0.39, 0.29) is 60.1 Å². The van der Waals surface area contributed by atoms with Gasteiger partial charge in [0.15, 0.2) is 0 Å². The second kappa shape index (κ2) is 15.0. The first-order chi connectivity index (χ1) is 23.8. The molecule has 5 atom stereocenters. The van der Waals surface area contributed by atoms with E-state index in [1.54, 1.807) is 0 Å². The van der Waals surface area contributed by atoms with Crippen LogP contribution in [0.3, 0.4) is 0 Å². The Kier molecular flexibility index (Phi) is 10.3. The Balaban J connectivity index is 1.12. The van der Waals surface area contributed by atoms with Crippen LogP contribution in [0.25, 0.3) is 0 Å². The smallest absolute Gasteiger partial charge is 0.254 e. The molecule has 262 valence electrons. The summed E-state index contributed by atoms with van der Waals surface area (Å²) in [6.07, 6.45) is 5.92. The number of carbonyl (C=O) groups is 4. The third kappa shape index (κ3) is 7.67. The molecule has 2 N–H and O–H groups in total. The summed E-state index contributed by atoms with van der Waals surface area (Å²) in [6.45, 7) is 5.57. The molecular weight excluding hydrogens is 623 g/mol. The molecule has 0 aliphatic carbocycles. The summed E-state index contributed by atoms with van der Waals surface area (Å²) in [6, 6.07) is 14.7. The maximum Gasteiger partial charge on any atom is 0.254 e. The van der Waals surface area contributed by atoms with Crippen LogP contribution >= 0.6 is 0 Å². The third-order valence-corrected chi connectivity index (χ3v) is 11.7. The summed E-state index contributed by atoms with van der Waals surface area (Å²) in [5, 5.41) is 6.33. The van der Waals surface area contributed by atoms with Crippen molar-refractivity contribution in [3.05, 3.63) is 71.5 Å². The molecule has 0 aromatic heterocycles. The molecule has 6 heterocycles. The zero-order chi connectivity index (χ0) is 33.9. The first-order valence-electron chi connectivity index (χ1n) is 18.3. The Labute approximate surface area is 288 Å². The molecule has 0 radical (unpaired) electrons. The van der Waals surface area contributed by atoms with Crippen molar-refractivity contribution in [2.75, 3.05) is 45.8 Å². The van der Waals surface area contributed by atoms with Gasteiger partial charge in [-0.1, -0.05) is 30.3 Å². The summed E-state index contributed by atoms with van der Waals surface area (Å²) in [4.78, 5) is 63.3. The Morgan fingerprint density at radius 3 is 2.35 bits per heavy atom. The highest BCUT2D eigenvalue weighted by Crippen LogP contribution is 2.33. The highest BCUT2D eigenvalue weighted by molar-refractivity contribution is 5.98. The molecule has 6 aliphatic heterocycles. The molecule has 6 aliphatic rings. The standard InChI is InChI=1S/C38H49FN6O4/c39-30-10-8-27(9-11-30)38(49)45-25-31-22-34(45)36(47)40-16-12-29-24-42(23-26-5-2-1-3-6-26)18-13-28(29)21-35(46)43-19-14-32(15-20-43)44-17-4-7-33(44)37(48)41-31/h1-3,5-6,8-11,28-29,31-34H,4,7,12-25H2,(H,40,47)(H,41,48)/t28-,29-,31+,33-,34+/m0/s1. The van der Waals surface area contributed by atoms with Crippen LogP contribution in [0.2, 0.25) is 0 Å². The van der Waals surface area contributed by atoms with Gasteiger partial charge in [0.25, 0.3) is 5.91 Å². The van der Waals surface area contributed by atoms with E-state index in [0.29, 0.717) is 38.0 Å². The van der Waals surface area contributed by atoms with Crippen LogP contribution < -0.4 is 10.6 Å². The molecule has 2 aromatic rings. The Morgan fingerprint density at radius 2 is 1.57 bits per heavy atom. The number of amides is 4. The average molecular weight is 673 g/mol. The van der Waals surface area contributed by atoms with Crippen molar-refractivity contribution in [2.24, 2.45) is 11.8 Å². The van der Waals surface area contributed by atoms with Gasteiger partial charge in [-0.25, -0.2) is 4.39 Å². The van der Waals surface area contributed by atoms with Gasteiger partial charge in [-0.15, -0.1) is 0 Å². The highest BCUT2D eigenvalue weighted by atomic mass is 19.1. The van der Waals surface area contributed by atoms with Gasteiger partial charge in [-0.2, -0.15) is 0 Å². The number of piperidine rings is 2. The van der Waals surface area contributed by atoms with Crippen LogP contribution in [0.4, 0.5) is 4.39 Å². The maximum atomic E-state index is 13.8. The van der Waals surface area contributed by atoms with Gasteiger partial charge in [0, 0.05) is 63.3 Å². The van der Waals surface area contributed by atoms with Crippen LogP contribution in [0.1, 0.15) is 67.3 Å². The Morgan fingerprint density at radius 1 is 0.796 bits per heavy atom. The van der Waals surface area contributed by atoms with E-state index in [0.717, 1.165) is 64.7 Å². The number of halogens is 1. The van der Waals surface area contributed by atoms with E-state index in [4.69, 9.17) is 0 Å². The van der Waals surface area contributed by atoms with Crippen molar-refractivity contribution in [3.63, 3.8) is 0 Å². The maximum absolute atomic E-state index is 13.8. The first-order valence-corrected chi connectivity index (χ1v) is 18.3. The quantitative estimate of drug-likeness (QED) is 0.520. The number of rotatable bonds is 3. The first kappa shape index (κ1) is 33.7. The van der Waals surface area contributed by atoms with Crippen LogP contribution in [-0.2, 0) is 20.9 Å². The molecule has 0 unspecified atom stereocenters. The molecule has 0 saturated carbocycles. The fraction of sp³-hybridized carbons (Fsp3) is 0.579. The second-order valence-electron chi connectivity index (χ2n) is 14.7. The van der Waals surface area contributed by atoms with E-state index in [9.17, 15) is 23.6 Å². The van der Waals surface area contributed by atoms with Gasteiger partial charge >= 0.3 is 0 Å². The lowest BCUT2D eigenvalue weighted by Gasteiger charge is -2.41. The minimum absolute atomic E-state index is 0.0571. The molecule has 10 nitrogen and oxygen atoms in total. The number of hydrogen-bond acceptors (Lipinski definition) is 6. The average Bonchev–Trinajstić information content (AvgIpc) is 3.78. The molecule has 11 heteroatoms. The molecule has 4 amide bonds. The van der Waals surface area contributed by atoms with E-state index in [1.807, 2.05) is 11.0 Å². The predicted molar refractivity (Wildman–Crippen MR) is 183 cm³/mol. The van der Waals surface area contributed by atoms with Gasteiger partial charge in [0.1, 0.15) is 11.9 Å². The number of nitrogens with zero attached hydrogens (tertiary/aromatic N) is 4. The summed E-state index contributed by atoms with van der Waals surface area (Å²) >= 11 is 0. The van der Waals surface area contributed by atoms with Crippen molar-refractivity contribution >= 4 is 23.6 Å². The highest BCUT2D eigenvalue weighted by Gasteiger charge is 2.43. The van der Waals surface area contributed by atoms with E-state index in [1.165, 1.54) is 34.7 Å². The minimum atomic E-state index is -0.758. The van der Waals surface area contributed by atoms with E-state index >= 15 is 0 Å². The normalized spacial score (nSPS) is 30.5. The second-order valence-corrected chi connectivity index (χ2v) is 14.7. The lowest BCUT2D eigenvalue weighted by atomic mass is 9.80. The summed E-state index contributed by atoms with van der Waals surface area (Å²) in [5.41, 5.74) is 1.57. The number of benzene rings is 2. The van der Waals surface area contributed by atoms with E-state index in [2.05, 4.69) is 44.7 Å². The summed E-state index contributed by atoms with van der Waals surface area (Å²) in [5.74, 6) is -0.410. The van der Waals surface area contributed by atoms with Crippen LogP contribution in [0.5, 0.6) is 0 Å². The SMILES string of the molecule is O=C1NCC[C@H]2CN(Cc3ccccc3)CC[C@H]2CC(=O)N2CCC(CC2)N2CCC[C@H]2C(=O)N[C@@H]2C[C@H]1N(C(=O)c1ccc(F)cc1)C2. The van der Waals surface area contributed by atoms with Crippen LogP contribution in [0, 0.1) is 17.7 Å². The van der Waals surface area contributed by atoms with Gasteiger partial charge in [-0.05, 0) is 99.7 Å². The topological polar surface area (TPSA) is 105 Å². The number of fused-ring (bicyclic) bond motifs is 7. The molecule has 8 rings (SSSR count). The number of carbonyl (C=O) groups excluding carboxylic acids is 4. The van der Waals surface area contributed by atoms with Gasteiger partial charge in [0.2, 0.25) is 17.7 Å². The van der Waals surface area contributed by atoms with Gasteiger partial charge < -0.3 is 20.4 Å². The largest absolute Gasteiger partial charge is 0.354 e. The number of hydrogen-bond donors (Lipinski definition) is 2. The molecule has 49 heavy (non-hydrogen) atoms. The molecule has 0 spiro atoms. The van der Waals surface area contributed by atoms with Gasteiger partial charge in [-0.3, -0.25) is 29.0 Å². The number of likely N-dealkylation sites (tertiary alicyclic amines) is 2. The molecular formula is C38H49FN6O4. The lowest BCUT2D eigenvalue weighted by molar-refractivity contribution is -0.136. The Hall–Kier alpha value is -3.83. The zero-order valence-electron chi connectivity index (χ0n) is 28.3. The van der Waals surface area contributed by atoms with Crippen molar-refractivity contribution in [1.82, 2.24) is 30.2 Å². The van der Waals surface area contributed by atoms with Crippen molar-refractivity contribution in [1.29, 1.82) is 0 Å². The third-order valence-electron chi connectivity index (χ3n) is 11.7. The van der Waals surface area contributed by atoms with Crippen molar-refractivity contribution in [2.45, 2.75) is 82.1 Å². The van der Waals surface area contributed by atoms with Crippen LogP contribution in [-0.4, -0.2) is 113 Å². The summed E-state index contributed by atoms with van der Waals surface area (Å²) in [7, 11) is 0. The Bertz CT molecular complexity index is 1500. The van der Waals surface area contributed by atoms with Crippen LogP contribution in [0.15, 0.2) is 54.6 Å². The predicted octanol–water partition coefficient (Wildman–Crippen LogP) is 3.03. The van der Waals surface area contributed by atoms with Crippen molar-refractivity contribution in [3.8, 4) is 0 Å². The zero-order valence-corrected chi connectivity index (χ0v) is 28.3. The fourth-order valence-electron chi connectivity index (χ4n) is 9.01. The summed E-state index contributed by atoms with van der Waals surface area (Å²) < 4.78 is 13.7. The molecule has 6 saturated heterocycles. The fourth-order valence-corrected chi connectivity index (χ4v) is 9.01. The number of nitrogens with one attached hydrogen (secondary N) is 2. The molecule has 4 bridgehead atoms. The molecule has 2 aromatic carbocycles. The van der Waals surface area contributed by atoms with E-state index < -0.39 is 11.9 Å². The van der Waals surface area contributed by atoms with Gasteiger partial charge in [0.05, 0.1) is 6.04 Å². The monoisotopic (exact) mass is 672 g/mol. The minimum Gasteiger partial charge on any atom is -0.354 e. The van der Waals surface area contributed by atoms with Crippen molar-refractivity contribution < 1.29 is 23.6 Å². The lowest BCUT2D eigenvalue weighted by Crippen LogP contribution is -2.53.